The summed E-state index contributed by atoms with van der Waals surface area (Å²) in [6.07, 6.45) is -17.4. The van der Waals surface area contributed by atoms with E-state index in [9.17, 15) is 48.3 Å². The molecule has 0 aromatic heterocycles. The second-order valence-corrected chi connectivity index (χ2v) is 38.3. The van der Waals surface area contributed by atoms with Crippen LogP contribution < -0.4 is 10.6 Å². The first-order valence-corrected chi connectivity index (χ1v) is 46.0. The predicted molar refractivity (Wildman–Crippen MR) is 472 cm³/mol. The number of hydrogen-bond acceptors (Lipinski definition) is 31. The van der Waals surface area contributed by atoms with E-state index in [-0.39, 0.29) is 68.0 Å². The fourth-order valence-electron chi connectivity index (χ4n) is 20.5. The standard InChI is InChI=1S/C52H74N2O15.C45H70N2O14/c1-14-37-43-39(53-50(59)67-43)30(4)40(55)28(2)26-51(8,60-12)44(69-49-42(36(54(10)11)25-29(3)62-49)66-47(57)34-21-17-15-18-22-34)31(5)41(32(6)46(56)64-37)65-38-27-52(9,61-13)45(33(7)63-38)68-48(58)35-23-19-16-20-24-35;1-14-31-37-33(46-43(52)59-37)25(4)34(48)23(2)21-44(8,53-12)38(61-42-35(49)30(47(10)11)20-24(3)55-42)26(5)36(27(6)40(50)57-31)58-32-22-45(9,54-13)39(28(7)56-32)60-41(51)29-18-16-15-17-19-29/h15-24,28-33,36-39,41-45,49H,14,25-27H2,1-13H3,(H,53,59);15-19,23-28,30-33,35-39,42,49H,14,20-22H2,1-13H3,(H,46,52)/t28-,29-,30-,31+,32-,33+,36+,37-,38?,39-,41+,42-,43-,44-,45+,49?,51+,52-;23-,24-,25-,26+,27-,28+,30+,31-,32?,33-,35-,36+,37-,38-,39+,42?,44+,45-/m11/s1. The quantitative estimate of drug-likeness (QED) is 0.0621. The minimum Gasteiger partial charge on any atom is -0.458 e. The van der Waals surface area contributed by atoms with Gasteiger partial charge in [-0.15, -0.1) is 0 Å². The Morgan fingerprint density at radius 2 is 0.746 bits per heavy atom. The molecule has 3 N–H and O–H groups in total. The molecule has 0 radical (unpaired) electrons. The molecule has 33 nitrogen and oxygen atoms in total. The largest absolute Gasteiger partial charge is 0.458 e. The molecule has 3 aromatic rings. The fourth-order valence-corrected chi connectivity index (χ4v) is 20.5. The fraction of sp³-hybridized carbons (Fsp3) is 0.722. The van der Waals surface area contributed by atoms with E-state index in [0.717, 1.165) is 0 Å². The number of esters is 5. The number of aliphatic hydroxyl groups excluding tert-OH is 1. The number of carbonyl (C=O) groups is 9. The number of methoxy groups -OCH3 is 4. The van der Waals surface area contributed by atoms with E-state index < -0.39 is 234 Å². The van der Waals surface area contributed by atoms with Gasteiger partial charge in [-0.05, 0) is 172 Å². The lowest BCUT2D eigenvalue weighted by Gasteiger charge is -2.50. The highest BCUT2D eigenvalue weighted by molar-refractivity contribution is 5.91. The number of carbonyl (C=O) groups excluding carboxylic acids is 9. The third-order valence-corrected chi connectivity index (χ3v) is 28.4. The number of nitrogens with zero attached hydrogens (tertiary/aromatic N) is 2. The highest BCUT2D eigenvalue weighted by atomic mass is 16.7. The molecule has 0 bridgehead atoms. The van der Waals surface area contributed by atoms with Gasteiger partial charge in [-0.2, -0.15) is 0 Å². The number of cyclic esters (lactones) is 2. The minimum atomic E-state index is -1.32. The maximum Gasteiger partial charge on any atom is 0.407 e. The Morgan fingerprint density at radius 1 is 0.415 bits per heavy atom. The summed E-state index contributed by atoms with van der Waals surface area (Å²) in [5.74, 6) is -9.62. The van der Waals surface area contributed by atoms with E-state index in [1.54, 1.807) is 127 Å². The van der Waals surface area contributed by atoms with Gasteiger partial charge in [-0.25, -0.2) is 24.0 Å². The van der Waals surface area contributed by atoms with Gasteiger partial charge >= 0.3 is 42.0 Å². The van der Waals surface area contributed by atoms with E-state index in [2.05, 4.69) is 10.6 Å². The molecule has 4 unspecified atom stereocenters. The van der Waals surface area contributed by atoms with Crippen molar-refractivity contribution < 1.29 is 138 Å². The van der Waals surface area contributed by atoms with Gasteiger partial charge < -0.3 is 116 Å². The zero-order valence-electron chi connectivity index (χ0n) is 80.6. The Labute approximate surface area is 765 Å². The van der Waals surface area contributed by atoms with Crippen molar-refractivity contribution in [2.75, 3.05) is 56.6 Å². The maximum absolute atomic E-state index is 14.8. The first-order valence-electron chi connectivity index (χ1n) is 46.0. The number of aliphatic hydroxyl groups is 1. The summed E-state index contributed by atoms with van der Waals surface area (Å²) in [6.45, 7) is 32.5. The first kappa shape index (κ1) is 104. The van der Waals surface area contributed by atoms with E-state index >= 15 is 0 Å². The monoisotopic (exact) mass is 1830 g/mol. The molecule has 8 saturated heterocycles. The molecule has 8 heterocycles. The molecular formula is C97H144N4O29. The summed E-state index contributed by atoms with van der Waals surface area (Å²) in [4.78, 5) is 128. The van der Waals surface area contributed by atoms with Gasteiger partial charge in [0.15, 0.2) is 55.7 Å². The average Bonchev–Trinajstić information content (AvgIpc) is 0.791. The third kappa shape index (κ3) is 23.8. The average molecular weight is 1830 g/mol. The number of hydrogen-bond donors (Lipinski definition) is 3. The zero-order valence-corrected chi connectivity index (χ0v) is 80.6. The molecule has 33 heteroatoms. The normalized spacial score (nSPS) is 40.8. The second-order valence-electron chi connectivity index (χ2n) is 38.3. The lowest BCUT2D eigenvalue weighted by atomic mass is 9.75. The Morgan fingerprint density at radius 3 is 1.09 bits per heavy atom. The highest BCUT2D eigenvalue weighted by Crippen LogP contribution is 2.47. The van der Waals surface area contributed by atoms with Crippen LogP contribution in [-0.4, -0.2) is 295 Å². The summed E-state index contributed by atoms with van der Waals surface area (Å²) < 4.78 is 121. The molecule has 2 amide bonds. The van der Waals surface area contributed by atoms with Crippen molar-refractivity contribution in [2.24, 2.45) is 47.3 Å². The molecule has 3 aromatic carbocycles. The van der Waals surface area contributed by atoms with Crippen LogP contribution in [0.2, 0.25) is 0 Å². The summed E-state index contributed by atoms with van der Waals surface area (Å²) in [5.41, 5.74) is -3.71. The molecule has 0 aliphatic carbocycles. The van der Waals surface area contributed by atoms with Gasteiger partial charge in [-0.3, -0.25) is 19.2 Å². The van der Waals surface area contributed by atoms with Crippen LogP contribution in [0, 0.1) is 47.3 Å². The summed E-state index contributed by atoms with van der Waals surface area (Å²) in [5, 5.41) is 17.3. The number of likely N-dealkylation sites (N-methyl/N-ethyl adjacent to an activating group) is 2. The van der Waals surface area contributed by atoms with Crippen molar-refractivity contribution in [3.8, 4) is 0 Å². The van der Waals surface area contributed by atoms with Crippen LogP contribution in [0.5, 0.6) is 0 Å². The van der Waals surface area contributed by atoms with Crippen molar-refractivity contribution in [3.05, 3.63) is 108 Å². The number of ether oxygens (including phenoxy) is 19. The van der Waals surface area contributed by atoms with Crippen LogP contribution >= 0.6 is 0 Å². The Hall–Kier alpha value is -7.71. The lowest BCUT2D eigenvalue weighted by molar-refractivity contribution is -0.319. The van der Waals surface area contributed by atoms with Crippen LogP contribution in [-0.2, 0) is 109 Å². The number of nitrogens with one attached hydrogen (secondary N) is 2. The van der Waals surface area contributed by atoms with Crippen molar-refractivity contribution >= 4 is 53.6 Å². The minimum absolute atomic E-state index is 0.0658. The van der Waals surface area contributed by atoms with E-state index in [1.165, 1.54) is 28.4 Å². The van der Waals surface area contributed by atoms with Gasteiger partial charge in [0.25, 0.3) is 0 Å². The summed E-state index contributed by atoms with van der Waals surface area (Å²) in [6, 6.07) is 23.7. The molecule has 0 saturated carbocycles. The van der Waals surface area contributed by atoms with Crippen LogP contribution in [0.4, 0.5) is 9.59 Å². The molecule has 726 valence electrons. The Bertz CT molecular complexity index is 4270. The number of amides is 2. The number of Topliss-reactive ketones (excluding diaryl/α,β-unsaturated/α-hetero) is 2. The van der Waals surface area contributed by atoms with Crippen molar-refractivity contribution in [1.82, 2.24) is 20.4 Å². The van der Waals surface area contributed by atoms with Crippen molar-refractivity contribution in [2.45, 2.75) is 345 Å². The SMILES string of the molecule is CC[C@H]1OC(=O)[C@H](C)[C@@H](OC2C[C@@](C)(OC)[C@@H](OC(=O)c3ccccc3)[C@H](C)O2)[C@H](C)[C@@H](OC2O[C@H](C)C[C@H](N(C)C)[C@H]2O)[C@@](C)(OC)C[C@@H](C)C(=O)[C@H](C)[C@H]2NC(=O)O[C@@H]21.CC[C@H]1OC(=O)[C@H](C)[C@@H](OC2C[C@@](C)(OC)[C@@H](OC(=O)c3ccccc3)[C@H](C)O2)[C@H](C)[C@@H](OC2O[C@H](C)C[C@H](N(C)C)[C@H]2OC(=O)c2ccccc2)[C@@](C)(OC)C[C@@H](C)C(=O)[C@H](C)[C@H]2NC(=O)O[C@@H]21. The van der Waals surface area contributed by atoms with Crippen LogP contribution in [0.15, 0.2) is 91.0 Å². The zero-order chi connectivity index (χ0) is 95.7. The topological polar surface area (TPSA) is 380 Å². The molecule has 36 atom stereocenters. The number of benzene rings is 3. The van der Waals surface area contributed by atoms with Crippen molar-refractivity contribution in [3.63, 3.8) is 0 Å². The van der Waals surface area contributed by atoms with Gasteiger partial charge in [0.05, 0.1) is 107 Å². The summed E-state index contributed by atoms with van der Waals surface area (Å²) >= 11 is 0. The Kier molecular flexibility index (Phi) is 35.8. The van der Waals surface area contributed by atoms with Crippen LogP contribution in [0.1, 0.15) is 207 Å². The van der Waals surface area contributed by atoms with Gasteiger partial charge in [-0.1, -0.05) is 110 Å². The molecule has 0 spiro atoms. The predicted octanol–water partition coefficient (Wildman–Crippen LogP) is 11.2. The van der Waals surface area contributed by atoms with Crippen LogP contribution in [0.3, 0.4) is 0 Å². The number of rotatable bonds is 22. The number of ketones is 2. The summed E-state index contributed by atoms with van der Waals surface area (Å²) in [7, 11) is 13.7. The molecular weight excluding hydrogens is 1690 g/mol. The van der Waals surface area contributed by atoms with E-state index in [0.29, 0.717) is 36.0 Å². The molecule has 11 rings (SSSR count). The van der Waals surface area contributed by atoms with E-state index in [4.69, 9.17) is 90.0 Å². The highest BCUT2D eigenvalue weighted by Gasteiger charge is 2.59. The Balaban J connectivity index is 0.000000272. The van der Waals surface area contributed by atoms with Gasteiger partial charge in [0.1, 0.15) is 41.1 Å². The van der Waals surface area contributed by atoms with Crippen LogP contribution in [0.25, 0.3) is 0 Å². The second kappa shape index (κ2) is 44.6. The number of alkyl carbamates (subject to hydrolysis) is 2. The molecule has 8 aliphatic heterocycles. The maximum atomic E-state index is 14.8. The molecule has 8 aliphatic rings. The first-order chi connectivity index (χ1) is 61.3. The smallest absolute Gasteiger partial charge is 0.407 e. The van der Waals surface area contributed by atoms with Crippen molar-refractivity contribution in [1.29, 1.82) is 0 Å². The third-order valence-electron chi connectivity index (χ3n) is 28.4. The molecule has 8 fully saturated rings. The molecule has 130 heavy (non-hydrogen) atoms. The van der Waals surface area contributed by atoms with E-state index in [1.807, 2.05) is 126 Å². The van der Waals surface area contributed by atoms with Gasteiger partial charge in [0, 0.05) is 82.8 Å². The number of fused-ring (bicyclic) bond motifs is 2. The lowest BCUT2D eigenvalue weighted by Crippen LogP contribution is -2.62. The van der Waals surface area contributed by atoms with Gasteiger partial charge in [0.2, 0.25) is 0 Å².